The number of hydrogen-bond donors (Lipinski definition) is 3. The van der Waals surface area contributed by atoms with Gasteiger partial charge in [0.2, 0.25) is 0 Å². The van der Waals surface area contributed by atoms with Gasteiger partial charge in [0.1, 0.15) is 5.75 Å². The Bertz CT molecular complexity index is 2220. The topological polar surface area (TPSA) is 77.6 Å². The lowest BCUT2D eigenvalue weighted by atomic mass is 10.0. The van der Waals surface area contributed by atoms with Crippen LogP contribution < -0.4 is 0 Å². The highest BCUT2D eigenvalue weighted by atomic mass is 16.3. The van der Waals surface area contributed by atoms with Gasteiger partial charge in [-0.05, 0) is 83.5 Å². The van der Waals surface area contributed by atoms with Crippen molar-refractivity contribution in [1.82, 2.24) is 19.9 Å². The van der Waals surface area contributed by atoms with Crippen molar-refractivity contribution in [3.05, 3.63) is 138 Å². The minimum Gasteiger partial charge on any atom is -0.508 e. The molecule has 3 aromatic heterocycles. The van der Waals surface area contributed by atoms with Gasteiger partial charge in [0.25, 0.3) is 0 Å². The van der Waals surface area contributed by atoms with E-state index < -0.39 is 0 Å². The van der Waals surface area contributed by atoms with Crippen molar-refractivity contribution in [1.29, 1.82) is 0 Å². The molecule has 8 bridgehead atoms. The highest BCUT2D eigenvalue weighted by Crippen LogP contribution is 2.36. The lowest BCUT2D eigenvalue weighted by Gasteiger charge is -2.06. The number of hydrogen-bond acceptors (Lipinski definition) is 3. The van der Waals surface area contributed by atoms with Crippen LogP contribution in [-0.2, 0) is 0 Å². The van der Waals surface area contributed by atoms with Crippen molar-refractivity contribution in [2.24, 2.45) is 0 Å². The Kier molecular flexibility index (Phi) is 5.86. The first-order valence-corrected chi connectivity index (χ1v) is 14.2. The van der Waals surface area contributed by atoms with Crippen molar-refractivity contribution in [3.63, 3.8) is 0 Å². The molecule has 5 nitrogen and oxygen atoms in total. The van der Waals surface area contributed by atoms with E-state index in [0.717, 1.165) is 78.2 Å². The van der Waals surface area contributed by atoms with Crippen LogP contribution >= 0.6 is 0 Å². The third-order valence-corrected chi connectivity index (χ3v) is 7.86. The monoisotopic (exact) mass is 554 g/mol. The second kappa shape index (κ2) is 10.2. The van der Waals surface area contributed by atoms with Crippen molar-refractivity contribution >= 4 is 46.4 Å². The number of aromatic nitrogens is 4. The lowest BCUT2D eigenvalue weighted by molar-refractivity contribution is 0.475. The predicted octanol–water partition coefficient (Wildman–Crippen LogP) is 9.36. The van der Waals surface area contributed by atoms with E-state index in [1.54, 1.807) is 12.1 Å². The van der Waals surface area contributed by atoms with Gasteiger partial charge in [0, 0.05) is 38.8 Å². The first-order valence-electron chi connectivity index (χ1n) is 14.2. The molecular weight excluding hydrogens is 528 g/mol. The number of benzene rings is 3. The fourth-order valence-corrected chi connectivity index (χ4v) is 5.89. The summed E-state index contributed by atoms with van der Waals surface area (Å²) in [5.74, 6) is 0.223. The highest BCUT2D eigenvalue weighted by molar-refractivity contribution is 5.97. The average molecular weight is 555 g/mol. The van der Waals surface area contributed by atoms with Crippen LogP contribution in [0.5, 0.6) is 5.75 Å². The van der Waals surface area contributed by atoms with Gasteiger partial charge in [0.15, 0.2) is 0 Å². The summed E-state index contributed by atoms with van der Waals surface area (Å²) < 4.78 is 0. The van der Waals surface area contributed by atoms with E-state index >= 15 is 0 Å². The summed E-state index contributed by atoms with van der Waals surface area (Å²) in [5.41, 5.74) is 13.4. The summed E-state index contributed by atoms with van der Waals surface area (Å²) in [5, 5.41) is 10.0. The SMILES string of the molecule is Oc1ccc(-c2c3nc(cc4ccc([nH]4)c(-c4ccccc4)c4nc(c(-c5ccccc5)c5ccc2[nH]5)C=C4)C=C3)cc1. The van der Waals surface area contributed by atoms with Crippen LogP contribution in [0.4, 0.5) is 0 Å². The highest BCUT2D eigenvalue weighted by Gasteiger charge is 2.16. The van der Waals surface area contributed by atoms with E-state index in [-0.39, 0.29) is 5.75 Å². The molecule has 6 aromatic rings. The maximum atomic E-state index is 10.0. The van der Waals surface area contributed by atoms with Gasteiger partial charge in [-0.3, -0.25) is 0 Å². The van der Waals surface area contributed by atoms with Gasteiger partial charge in [-0.15, -0.1) is 0 Å². The molecule has 3 N–H and O–H groups in total. The number of nitrogens with zero attached hydrogens (tertiary/aromatic N) is 2. The molecule has 3 aromatic carbocycles. The van der Waals surface area contributed by atoms with E-state index in [2.05, 4.69) is 101 Å². The summed E-state index contributed by atoms with van der Waals surface area (Å²) >= 11 is 0. The molecule has 0 aliphatic carbocycles. The first-order chi connectivity index (χ1) is 21.2. The van der Waals surface area contributed by atoms with E-state index in [1.807, 2.05) is 36.4 Å². The molecule has 0 spiro atoms. The molecule has 8 rings (SSSR count). The van der Waals surface area contributed by atoms with E-state index in [9.17, 15) is 5.11 Å². The average Bonchev–Trinajstić information content (AvgIpc) is 3.86. The molecule has 0 radical (unpaired) electrons. The number of phenolic OH excluding ortho intramolecular Hbond substituents is 1. The summed E-state index contributed by atoms with van der Waals surface area (Å²) in [4.78, 5) is 17.6. The zero-order valence-corrected chi connectivity index (χ0v) is 23.1. The quantitative estimate of drug-likeness (QED) is 0.204. The van der Waals surface area contributed by atoms with Gasteiger partial charge in [0.05, 0.1) is 22.8 Å². The van der Waals surface area contributed by atoms with Gasteiger partial charge in [-0.2, -0.15) is 0 Å². The second-order valence-electron chi connectivity index (χ2n) is 10.6. The molecule has 0 saturated carbocycles. The van der Waals surface area contributed by atoms with Crippen molar-refractivity contribution in [2.45, 2.75) is 0 Å². The smallest absolute Gasteiger partial charge is 0.115 e. The minimum atomic E-state index is 0.223. The summed E-state index contributed by atoms with van der Waals surface area (Å²) in [6.07, 6.45) is 8.28. The Morgan fingerprint density at radius 3 is 1.53 bits per heavy atom. The number of phenols is 1. The molecule has 0 saturated heterocycles. The number of nitrogens with one attached hydrogen (secondary N) is 2. The minimum absolute atomic E-state index is 0.223. The number of H-pyrrole nitrogens is 2. The third kappa shape index (κ3) is 4.53. The van der Waals surface area contributed by atoms with Gasteiger partial charge >= 0.3 is 0 Å². The molecule has 0 unspecified atom stereocenters. The molecule has 0 atom stereocenters. The van der Waals surface area contributed by atoms with Gasteiger partial charge in [-0.1, -0.05) is 72.8 Å². The van der Waals surface area contributed by atoms with Crippen LogP contribution in [0.1, 0.15) is 22.8 Å². The van der Waals surface area contributed by atoms with Crippen molar-refractivity contribution in [3.8, 4) is 39.1 Å². The lowest BCUT2D eigenvalue weighted by Crippen LogP contribution is -1.88. The molecule has 0 amide bonds. The van der Waals surface area contributed by atoms with Crippen molar-refractivity contribution in [2.75, 3.05) is 0 Å². The molecule has 43 heavy (non-hydrogen) atoms. The van der Waals surface area contributed by atoms with Gasteiger partial charge < -0.3 is 15.1 Å². The van der Waals surface area contributed by atoms with Crippen LogP contribution in [0, 0.1) is 0 Å². The molecular formula is C38H26N4O. The number of aromatic amines is 2. The Morgan fingerprint density at radius 2 is 0.930 bits per heavy atom. The normalized spacial score (nSPS) is 12.1. The Balaban J connectivity index is 1.53. The van der Waals surface area contributed by atoms with Crippen molar-refractivity contribution < 1.29 is 5.11 Å². The first kappa shape index (κ1) is 24.8. The maximum absolute atomic E-state index is 10.0. The largest absolute Gasteiger partial charge is 0.508 e. The molecule has 5 heteroatoms. The zero-order valence-electron chi connectivity index (χ0n) is 23.1. The van der Waals surface area contributed by atoms with E-state index in [1.165, 1.54) is 0 Å². The molecule has 5 heterocycles. The molecule has 2 aliphatic rings. The Morgan fingerprint density at radius 1 is 0.442 bits per heavy atom. The van der Waals surface area contributed by atoms with E-state index in [0.29, 0.717) is 0 Å². The Labute approximate surface area is 248 Å². The van der Waals surface area contributed by atoms with Crippen LogP contribution in [0.3, 0.4) is 0 Å². The summed E-state index contributed by atoms with van der Waals surface area (Å²) in [7, 11) is 0. The second-order valence-corrected chi connectivity index (χ2v) is 10.6. The van der Waals surface area contributed by atoms with Crippen LogP contribution in [0.15, 0.2) is 115 Å². The fraction of sp³-hybridized carbons (Fsp3) is 0. The Hall–Kier alpha value is -5.94. The summed E-state index contributed by atoms with van der Waals surface area (Å²) in [6, 6.07) is 38.5. The third-order valence-electron chi connectivity index (χ3n) is 7.86. The zero-order chi connectivity index (χ0) is 28.8. The maximum Gasteiger partial charge on any atom is 0.115 e. The van der Waals surface area contributed by atoms with E-state index in [4.69, 9.17) is 9.97 Å². The molecule has 2 aliphatic heterocycles. The predicted molar refractivity (Wildman–Crippen MR) is 177 cm³/mol. The fourth-order valence-electron chi connectivity index (χ4n) is 5.89. The number of rotatable bonds is 3. The molecule has 204 valence electrons. The molecule has 0 fully saturated rings. The van der Waals surface area contributed by atoms with Gasteiger partial charge in [-0.25, -0.2) is 9.97 Å². The standard InChI is InChI=1S/C38H26N4O/c43-29-15-11-26(12-16-29)38-31-18-14-28(40-31)23-27-13-17-30(39-27)36(24-7-3-1-4-8-24)32-19-20-33(41-32)37(25-9-5-2-6-10-25)34-21-22-35(38)42-34/h1-23,39,42-43H. The van der Waals surface area contributed by atoms with Crippen LogP contribution in [0.25, 0.3) is 79.8 Å². The van der Waals surface area contributed by atoms with Crippen LogP contribution in [-0.4, -0.2) is 25.0 Å². The number of aromatic hydroxyl groups is 1. The number of fused-ring (bicyclic) bond motifs is 8. The summed E-state index contributed by atoms with van der Waals surface area (Å²) in [6.45, 7) is 0. The van der Waals surface area contributed by atoms with Crippen LogP contribution in [0.2, 0.25) is 0 Å².